The summed E-state index contributed by atoms with van der Waals surface area (Å²) in [5.41, 5.74) is 0. The molecule has 1 rings (SSSR count). The van der Waals surface area contributed by atoms with Crippen LogP contribution < -0.4 is 5.32 Å². The topological polar surface area (TPSA) is 58.0 Å². The first-order chi connectivity index (χ1) is 5.74. The van der Waals surface area contributed by atoms with Crippen molar-refractivity contribution < 1.29 is 5.11 Å². The first-order valence-corrected chi connectivity index (χ1v) is 4.74. The third kappa shape index (κ3) is 2.42. The lowest BCUT2D eigenvalue weighted by molar-refractivity contribution is 0.311. The zero-order chi connectivity index (χ0) is 8.97. The molecule has 12 heavy (non-hydrogen) atoms. The molecule has 0 unspecified atom stereocenters. The number of nitrogens with zero attached hydrogens (tertiary/aromatic N) is 2. The fourth-order valence-electron chi connectivity index (χ4n) is 0.702. The van der Waals surface area contributed by atoms with Crippen LogP contribution in [0.4, 0.5) is 5.13 Å². The van der Waals surface area contributed by atoms with Crippen molar-refractivity contribution in [3.05, 3.63) is 5.01 Å². The number of rotatable bonds is 4. The number of aromatic nitrogens is 2. The number of aliphatic hydroxyl groups excluding tert-OH is 1. The van der Waals surface area contributed by atoms with Gasteiger partial charge in [-0.15, -0.1) is 10.2 Å². The fraction of sp³-hybridized carbons (Fsp3) is 0.714. The van der Waals surface area contributed by atoms with Crippen LogP contribution in [0.25, 0.3) is 0 Å². The molecule has 0 aliphatic rings. The Bertz CT molecular complexity index is 236. The van der Waals surface area contributed by atoms with Crippen LogP contribution in [0, 0.1) is 0 Å². The van der Waals surface area contributed by atoms with E-state index in [9.17, 15) is 0 Å². The van der Waals surface area contributed by atoms with Crippen molar-refractivity contribution in [2.75, 3.05) is 18.5 Å². The maximum atomic E-state index is 8.54. The van der Waals surface area contributed by atoms with E-state index in [0.29, 0.717) is 12.5 Å². The molecule has 0 radical (unpaired) electrons. The number of hydrogen-bond acceptors (Lipinski definition) is 5. The van der Waals surface area contributed by atoms with Gasteiger partial charge in [-0.25, -0.2) is 0 Å². The molecule has 1 aromatic rings. The molecule has 0 aliphatic heterocycles. The van der Waals surface area contributed by atoms with Crippen LogP contribution in [0.5, 0.6) is 0 Å². The number of aliphatic hydroxyl groups is 1. The van der Waals surface area contributed by atoms with Crippen molar-refractivity contribution in [2.45, 2.75) is 19.8 Å². The molecular weight excluding hydrogens is 174 g/mol. The second-order valence-electron chi connectivity index (χ2n) is 2.75. The van der Waals surface area contributed by atoms with Crippen LogP contribution in [0.2, 0.25) is 0 Å². The Kier molecular flexibility index (Phi) is 3.43. The van der Waals surface area contributed by atoms with E-state index < -0.39 is 0 Å². The second-order valence-corrected chi connectivity index (χ2v) is 3.76. The molecule has 0 saturated carbocycles. The fourth-order valence-corrected chi connectivity index (χ4v) is 1.47. The molecular formula is C7H13N3OS. The molecule has 2 N–H and O–H groups in total. The summed E-state index contributed by atoms with van der Waals surface area (Å²) in [6, 6.07) is 0. The first-order valence-electron chi connectivity index (χ1n) is 3.92. The molecule has 0 bridgehead atoms. The van der Waals surface area contributed by atoms with Crippen molar-refractivity contribution in [3.8, 4) is 0 Å². The molecule has 0 spiro atoms. The minimum Gasteiger partial charge on any atom is -0.395 e. The molecule has 0 atom stereocenters. The molecule has 0 amide bonds. The zero-order valence-corrected chi connectivity index (χ0v) is 8.06. The van der Waals surface area contributed by atoms with Crippen molar-refractivity contribution in [1.82, 2.24) is 10.2 Å². The normalized spacial score (nSPS) is 10.7. The Morgan fingerprint density at radius 2 is 2.25 bits per heavy atom. The van der Waals surface area contributed by atoms with Gasteiger partial charge in [0.25, 0.3) is 0 Å². The molecule has 0 aliphatic carbocycles. The highest BCUT2D eigenvalue weighted by atomic mass is 32.1. The third-order valence-electron chi connectivity index (χ3n) is 1.32. The van der Waals surface area contributed by atoms with Crippen LogP contribution >= 0.6 is 11.3 Å². The van der Waals surface area contributed by atoms with Crippen molar-refractivity contribution >= 4 is 16.5 Å². The Balaban J connectivity index is 2.52. The molecule has 1 aromatic heterocycles. The summed E-state index contributed by atoms with van der Waals surface area (Å²) < 4.78 is 0. The minimum absolute atomic E-state index is 0.122. The number of anilines is 1. The summed E-state index contributed by atoms with van der Waals surface area (Å²) >= 11 is 1.54. The van der Waals surface area contributed by atoms with Gasteiger partial charge in [0.2, 0.25) is 5.13 Å². The smallest absolute Gasteiger partial charge is 0.205 e. The van der Waals surface area contributed by atoms with Gasteiger partial charge in [-0.05, 0) is 0 Å². The highest BCUT2D eigenvalue weighted by Crippen LogP contribution is 2.21. The molecule has 1 heterocycles. The van der Waals surface area contributed by atoms with E-state index in [1.807, 2.05) is 0 Å². The van der Waals surface area contributed by atoms with Crippen molar-refractivity contribution in [3.63, 3.8) is 0 Å². The average molecular weight is 187 g/mol. The maximum Gasteiger partial charge on any atom is 0.205 e. The standard InChI is InChI=1S/C7H13N3OS/c1-5(2)6-9-10-7(12-6)8-3-4-11/h5,11H,3-4H2,1-2H3,(H,8,10). The van der Waals surface area contributed by atoms with E-state index in [1.165, 1.54) is 11.3 Å². The second kappa shape index (κ2) is 4.37. The monoisotopic (exact) mass is 187 g/mol. The maximum absolute atomic E-state index is 8.54. The lowest BCUT2D eigenvalue weighted by Gasteiger charge is -1.96. The summed E-state index contributed by atoms with van der Waals surface area (Å²) in [4.78, 5) is 0. The molecule has 68 valence electrons. The summed E-state index contributed by atoms with van der Waals surface area (Å²) in [5, 5.41) is 21.2. The van der Waals surface area contributed by atoms with Gasteiger partial charge in [-0.3, -0.25) is 0 Å². The first kappa shape index (κ1) is 9.41. The van der Waals surface area contributed by atoms with Gasteiger partial charge in [0.1, 0.15) is 5.01 Å². The Labute approximate surface area is 75.6 Å². The van der Waals surface area contributed by atoms with Crippen molar-refractivity contribution in [1.29, 1.82) is 0 Å². The Morgan fingerprint density at radius 1 is 1.50 bits per heavy atom. The van der Waals surface area contributed by atoms with Gasteiger partial charge < -0.3 is 10.4 Å². The third-order valence-corrected chi connectivity index (χ3v) is 2.50. The Hall–Kier alpha value is -0.680. The number of hydrogen-bond donors (Lipinski definition) is 2. The van der Waals surface area contributed by atoms with Gasteiger partial charge in [0.05, 0.1) is 6.61 Å². The summed E-state index contributed by atoms with van der Waals surface area (Å²) in [5.74, 6) is 0.423. The van der Waals surface area contributed by atoms with Crippen LogP contribution in [0.15, 0.2) is 0 Å². The van der Waals surface area contributed by atoms with E-state index in [-0.39, 0.29) is 6.61 Å². The summed E-state index contributed by atoms with van der Waals surface area (Å²) in [7, 11) is 0. The lowest BCUT2D eigenvalue weighted by atomic mass is 10.2. The number of nitrogens with one attached hydrogen (secondary N) is 1. The van der Waals surface area contributed by atoms with Gasteiger partial charge >= 0.3 is 0 Å². The van der Waals surface area contributed by atoms with Crippen LogP contribution in [0.1, 0.15) is 24.8 Å². The van der Waals surface area contributed by atoms with Crippen LogP contribution in [0.3, 0.4) is 0 Å². The van der Waals surface area contributed by atoms with E-state index in [4.69, 9.17) is 5.11 Å². The van der Waals surface area contributed by atoms with E-state index in [1.54, 1.807) is 0 Å². The quantitative estimate of drug-likeness (QED) is 0.740. The van der Waals surface area contributed by atoms with Crippen LogP contribution in [-0.2, 0) is 0 Å². The van der Waals surface area contributed by atoms with E-state index >= 15 is 0 Å². The zero-order valence-electron chi connectivity index (χ0n) is 7.24. The van der Waals surface area contributed by atoms with Crippen molar-refractivity contribution in [2.24, 2.45) is 0 Å². The summed E-state index contributed by atoms with van der Waals surface area (Å²) in [6.45, 7) is 4.82. The molecule has 0 saturated heterocycles. The average Bonchev–Trinajstić information content (AvgIpc) is 2.48. The minimum atomic E-state index is 0.122. The van der Waals surface area contributed by atoms with Gasteiger partial charge in [0.15, 0.2) is 0 Å². The molecule has 0 aromatic carbocycles. The van der Waals surface area contributed by atoms with Crippen LogP contribution in [-0.4, -0.2) is 28.5 Å². The largest absolute Gasteiger partial charge is 0.395 e. The predicted molar refractivity (Wildman–Crippen MR) is 49.6 cm³/mol. The van der Waals surface area contributed by atoms with Gasteiger partial charge in [0, 0.05) is 12.5 Å². The predicted octanol–water partition coefficient (Wildman–Crippen LogP) is 1.07. The molecule has 4 nitrogen and oxygen atoms in total. The molecule has 0 fully saturated rings. The lowest BCUT2D eigenvalue weighted by Crippen LogP contribution is -2.04. The SMILES string of the molecule is CC(C)c1nnc(NCCO)s1. The van der Waals surface area contributed by atoms with E-state index in [0.717, 1.165) is 10.1 Å². The molecule has 5 heteroatoms. The Morgan fingerprint density at radius 3 is 2.75 bits per heavy atom. The van der Waals surface area contributed by atoms with Gasteiger partial charge in [-0.1, -0.05) is 25.2 Å². The van der Waals surface area contributed by atoms with Gasteiger partial charge in [-0.2, -0.15) is 0 Å². The highest BCUT2D eigenvalue weighted by Gasteiger charge is 2.06. The highest BCUT2D eigenvalue weighted by molar-refractivity contribution is 7.15. The van der Waals surface area contributed by atoms with E-state index in [2.05, 4.69) is 29.4 Å². The summed E-state index contributed by atoms with van der Waals surface area (Å²) in [6.07, 6.45) is 0.